The molecule has 0 radical (unpaired) electrons. The fourth-order valence-electron chi connectivity index (χ4n) is 1.65. The molecule has 0 aliphatic carbocycles. The smallest absolute Gasteiger partial charge is 0.338 e. The van der Waals surface area contributed by atoms with Crippen molar-refractivity contribution in [3.8, 4) is 0 Å². The second-order valence-electron chi connectivity index (χ2n) is 4.19. The molecule has 0 bridgehead atoms. The Bertz CT molecular complexity index is 263. The van der Waals surface area contributed by atoms with Crippen LogP contribution in [0.3, 0.4) is 0 Å². The van der Waals surface area contributed by atoms with Gasteiger partial charge in [0.25, 0.3) is 5.91 Å². The molecule has 6 heteroatoms. The summed E-state index contributed by atoms with van der Waals surface area (Å²) >= 11 is 0. The van der Waals surface area contributed by atoms with Crippen LogP contribution in [0.1, 0.15) is 26.7 Å². The third-order valence-corrected chi connectivity index (χ3v) is 2.85. The van der Waals surface area contributed by atoms with Crippen molar-refractivity contribution in [2.24, 2.45) is 5.73 Å². The monoisotopic (exact) mass is 224 g/mol. The number of hydrogen-bond donors (Lipinski definition) is 1. The van der Waals surface area contributed by atoms with Crippen LogP contribution in [0.4, 0.5) is 13.2 Å². The molecule has 1 saturated heterocycles. The van der Waals surface area contributed by atoms with E-state index in [2.05, 4.69) is 0 Å². The van der Waals surface area contributed by atoms with Gasteiger partial charge in [0.1, 0.15) is 0 Å². The fourth-order valence-corrected chi connectivity index (χ4v) is 1.65. The summed E-state index contributed by atoms with van der Waals surface area (Å²) < 4.78 is 37.5. The molecule has 1 aliphatic heterocycles. The summed E-state index contributed by atoms with van der Waals surface area (Å²) in [5.74, 6) is -1.03. The van der Waals surface area contributed by atoms with Crippen molar-refractivity contribution in [3.63, 3.8) is 0 Å². The van der Waals surface area contributed by atoms with Gasteiger partial charge in [-0.3, -0.25) is 4.79 Å². The molecule has 1 heterocycles. The molecule has 0 aromatic rings. The van der Waals surface area contributed by atoms with Crippen LogP contribution in [0.2, 0.25) is 0 Å². The van der Waals surface area contributed by atoms with Crippen LogP contribution in [0, 0.1) is 0 Å². The molecular formula is C9H15F3N2O. The second-order valence-corrected chi connectivity index (χ2v) is 4.19. The predicted octanol–water partition coefficient (Wildman–Crippen LogP) is 1.28. The van der Waals surface area contributed by atoms with E-state index in [1.165, 1.54) is 4.90 Å². The Balaban J connectivity index is 2.84. The predicted molar refractivity (Wildman–Crippen MR) is 49.1 cm³/mol. The Labute approximate surface area is 86.4 Å². The summed E-state index contributed by atoms with van der Waals surface area (Å²) in [6, 6.07) is -0.150. The number of rotatable bonds is 1. The third kappa shape index (κ3) is 2.09. The van der Waals surface area contributed by atoms with Crippen LogP contribution in [-0.4, -0.2) is 35.1 Å². The van der Waals surface area contributed by atoms with E-state index in [9.17, 15) is 18.0 Å². The lowest BCUT2D eigenvalue weighted by Gasteiger charge is -2.32. The van der Waals surface area contributed by atoms with Gasteiger partial charge in [-0.15, -0.1) is 0 Å². The van der Waals surface area contributed by atoms with E-state index in [-0.39, 0.29) is 6.04 Å². The first-order valence-electron chi connectivity index (χ1n) is 4.84. The minimum absolute atomic E-state index is 0.150. The van der Waals surface area contributed by atoms with Gasteiger partial charge in [0, 0.05) is 12.6 Å². The number of nitrogens with zero attached hydrogens (tertiary/aromatic N) is 1. The van der Waals surface area contributed by atoms with Crippen LogP contribution in [0.15, 0.2) is 0 Å². The van der Waals surface area contributed by atoms with Gasteiger partial charge >= 0.3 is 6.18 Å². The molecule has 1 fully saturated rings. The number of hydrogen-bond acceptors (Lipinski definition) is 2. The van der Waals surface area contributed by atoms with E-state index in [0.29, 0.717) is 6.54 Å². The molecule has 2 N–H and O–H groups in total. The lowest BCUT2D eigenvalue weighted by molar-refractivity contribution is -0.194. The fraction of sp³-hybridized carbons (Fsp3) is 0.889. The molecule has 0 aromatic carbocycles. The minimum Gasteiger partial charge on any atom is -0.338 e. The first-order valence-corrected chi connectivity index (χ1v) is 4.84. The van der Waals surface area contributed by atoms with Crippen molar-refractivity contribution in [1.82, 2.24) is 4.90 Å². The molecule has 2 unspecified atom stereocenters. The highest BCUT2D eigenvalue weighted by Crippen LogP contribution is 2.31. The van der Waals surface area contributed by atoms with Gasteiger partial charge in [0.05, 0.1) is 0 Å². The summed E-state index contributed by atoms with van der Waals surface area (Å²) in [6.07, 6.45) is -3.23. The van der Waals surface area contributed by atoms with Crippen molar-refractivity contribution in [2.75, 3.05) is 6.54 Å². The average Bonchev–Trinajstić information content (AvgIpc) is 2.48. The van der Waals surface area contributed by atoms with Gasteiger partial charge in [-0.2, -0.15) is 13.2 Å². The lowest BCUT2D eigenvalue weighted by atomic mass is 10.0. The summed E-state index contributed by atoms with van der Waals surface area (Å²) in [7, 11) is 0. The van der Waals surface area contributed by atoms with Crippen molar-refractivity contribution in [3.05, 3.63) is 0 Å². The zero-order valence-corrected chi connectivity index (χ0v) is 8.77. The molecule has 0 aromatic heterocycles. The first kappa shape index (κ1) is 12.3. The van der Waals surface area contributed by atoms with Gasteiger partial charge in [-0.25, -0.2) is 0 Å². The average molecular weight is 224 g/mol. The maximum absolute atomic E-state index is 12.5. The zero-order valence-electron chi connectivity index (χ0n) is 8.77. The Morgan fingerprint density at radius 3 is 2.33 bits per heavy atom. The molecular weight excluding hydrogens is 209 g/mol. The topological polar surface area (TPSA) is 46.3 Å². The van der Waals surface area contributed by atoms with Gasteiger partial charge in [-0.05, 0) is 26.7 Å². The van der Waals surface area contributed by atoms with Gasteiger partial charge in [-0.1, -0.05) is 0 Å². The van der Waals surface area contributed by atoms with Crippen LogP contribution in [0.25, 0.3) is 0 Å². The Morgan fingerprint density at radius 1 is 1.47 bits per heavy atom. The van der Waals surface area contributed by atoms with E-state index in [1.807, 2.05) is 0 Å². The number of carbonyl (C=O) groups is 1. The van der Waals surface area contributed by atoms with Crippen LogP contribution >= 0.6 is 0 Å². The van der Waals surface area contributed by atoms with Crippen molar-refractivity contribution >= 4 is 5.91 Å². The maximum atomic E-state index is 12.5. The molecule has 0 spiro atoms. The Morgan fingerprint density at radius 2 is 2.00 bits per heavy atom. The maximum Gasteiger partial charge on any atom is 0.415 e. The van der Waals surface area contributed by atoms with Crippen LogP contribution in [-0.2, 0) is 4.79 Å². The summed E-state index contributed by atoms with van der Waals surface area (Å²) in [5, 5.41) is 0. The molecule has 1 rings (SSSR count). The summed E-state index contributed by atoms with van der Waals surface area (Å²) in [5.41, 5.74) is 2.29. The summed E-state index contributed by atoms with van der Waals surface area (Å²) in [6.45, 7) is 2.82. The first-order chi connectivity index (χ1) is 6.68. The quantitative estimate of drug-likeness (QED) is 0.729. The third-order valence-electron chi connectivity index (χ3n) is 2.85. The van der Waals surface area contributed by atoms with E-state index in [1.54, 1.807) is 6.92 Å². The Kier molecular flexibility index (Phi) is 3.00. The number of amides is 1. The molecule has 88 valence electrons. The van der Waals surface area contributed by atoms with Crippen molar-refractivity contribution < 1.29 is 18.0 Å². The number of carbonyl (C=O) groups excluding carboxylic acids is 1. The largest absolute Gasteiger partial charge is 0.415 e. The summed E-state index contributed by atoms with van der Waals surface area (Å²) in [4.78, 5) is 12.8. The van der Waals surface area contributed by atoms with Crippen molar-refractivity contribution in [1.29, 1.82) is 0 Å². The second kappa shape index (κ2) is 3.66. The van der Waals surface area contributed by atoms with Crippen LogP contribution < -0.4 is 5.73 Å². The normalized spacial score (nSPS) is 26.5. The number of halogens is 3. The highest BCUT2D eigenvalue weighted by atomic mass is 19.4. The molecule has 15 heavy (non-hydrogen) atoms. The molecule has 0 saturated carbocycles. The van der Waals surface area contributed by atoms with E-state index in [0.717, 1.165) is 19.8 Å². The highest BCUT2D eigenvalue weighted by Gasteiger charge is 2.56. The van der Waals surface area contributed by atoms with Crippen LogP contribution in [0.5, 0.6) is 0 Å². The van der Waals surface area contributed by atoms with Gasteiger partial charge < -0.3 is 10.6 Å². The standard InChI is InChI=1S/C9H15F3N2O/c1-6-4-3-5-14(6)7(15)8(2,13)9(10,11)12/h6H,3-5,13H2,1-2H3. The van der Waals surface area contributed by atoms with E-state index >= 15 is 0 Å². The highest BCUT2D eigenvalue weighted by molar-refractivity contribution is 5.87. The Hall–Kier alpha value is -0.780. The zero-order chi connectivity index (χ0) is 11.9. The lowest BCUT2D eigenvalue weighted by Crippen LogP contribution is -2.62. The van der Waals surface area contributed by atoms with Gasteiger partial charge in [0.2, 0.25) is 0 Å². The van der Waals surface area contributed by atoms with Gasteiger partial charge in [0.15, 0.2) is 5.54 Å². The molecule has 1 amide bonds. The SMILES string of the molecule is CC1CCCN1C(=O)C(C)(N)C(F)(F)F. The number of alkyl halides is 3. The molecule has 1 aliphatic rings. The minimum atomic E-state index is -4.70. The molecule has 2 atom stereocenters. The number of nitrogens with two attached hydrogens (primary N) is 1. The van der Waals surface area contributed by atoms with Crippen molar-refractivity contribution in [2.45, 2.75) is 44.4 Å². The van der Waals surface area contributed by atoms with E-state index < -0.39 is 17.6 Å². The van der Waals surface area contributed by atoms with E-state index in [4.69, 9.17) is 5.73 Å². The molecule has 3 nitrogen and oxygen atoms in total. The number of likely N-dealkylation sites (tertiary alicyclic amines) is 1.